The van der Waals surface area contributed by atoms with Gasteiger partial charge in [0.15, 0.2) is 0 Å². The van der Waals surface area contributed by atoms with Gasteiger partial charge in [-0.05, 0) is 30.7 Å². The number of aromatic nitrogens is 2. The lowest BCUT2D eigenvalue weighted by Crippen LogP contribution is -2.56. The second kappa shape index (κ2) is 7.77. The Hall–Kier alpha value is -2.55. The van der Waals surface area contributed by atoms with Gasteiger partial charge in [-0.1, -0.05) is 12.1 Å². The van der Waals surface area contributed by atoms with Crippen LogP contribution in [0.2, 0.25) is 0 Å². The molecule has 3 aromatic rings. The number of halogens is 1. The summed E-state index contributed by atoms with van der Waals surface area (Å²) in [4.78, 5) is 20.5. The van der Waals surface area contributed by atoms with E-state index in [9.17, 15) is 9.18 Å². The van der Waals surface area contributed by atoms with Crippen LogP contribution in [-0.4, -0.2) is 27.5 Å². The van der Waals surface area contributed by atoms with Crippen molar-refractivity contribution < 1.29 is 20.0 Å². The quantitative estimate of drug-likeness (QED) is 0.528. The molecule has 136 valence electrons. The highest BCUT2D eigenvalue weighted by molar-refractivity contribution is 7.11. The van der Waals surface area contributed by atoms with Gasteiger partial charge in [-0.25, -0.2) is 9.37 Å². The summed E-state index contributed by atoms with van der Waals surface area (Å²) >= 11 is 1.34. The number of amides is 1. The largest absolute Gasteiger partial charge is 0.391 e. The number of aliphatic hydroxyl groups is 1. The predicted molar refractivity (Wildman–Crippen MR) is 96.9 cm³/mol. The Balaban J connectivity index is 1.75. The Labute approximate surface area is 153 Å². The first kappa shape index (κ1) is 18.2. The second-order valence-corrected chi connectivity index (χ2v) is 7.03. The van der Waals surface area contributed by atoms with Crippen molar-refractivity contribution in [3.63, 3.8) is 0 Å². The number of nitrogens with zero attached hydrogens (tertiary/aromatic N) is 1. The molecule has 0 aliphatic rings. The monoisotopic (exact) mass is 375 g/mol. The fourth-order valence-corrected chi connectivity index (χ4v) is 3.37. The number of aliphatic hydroxyl groups excluding tert-OH is 1. The van der Waals surface area contributed by atoms with Crippen LogP contribution in [0.15, 0.2) is 36.5 Å². The summed E-state index contributed by atoms with van der Waals surface area (Å²) in [7, 11) is 0. The van der Waals surface area contributed by atoms with Crippen LogP contribution in [0.25, 0.3) is 11.3 Å². The number of thiazole rings is 1. The summed E-state index contributed by atoms with van der Waals surface area (Å²) < 4.78 is 13.7. The molecule has 8 heteroatoms. The molecule has 0 saturated heterocycles. The lowest BCUT2D eigenvalue weighted by Gasteiger charge is -2.11. The van der Waals surface area contributed by atoms with Gasteiger partial charge in [-0.2, -0.15) is 0 Å². The summed E-state index contributed by atoms with van der Waals surface area (Å²) in [5.41, 5.74) is 6.14. The number of carbonyl (C=O) groups excluding carboxylic acids is 1. The molecule has 0 spiro atoms. The maximum atomic E-state index is 13.7. The standard InChI is InChI=1S/C18H19FN4O2S/c1-10-2-3-11(6-13(10)19)14-4-5-15(22-14)17(25)23-16(7-20)18-21-8-12(9-24)26-18/h2-6,8,16,22,24H,7,9,20H2,1H3,(H,23,25)/p+1. The summed E-state index contributed by atoms with van der Waals surface area (Å²) in [6.45, 7) is 2.05. The first-order valence-electron chi connectivity index (χ1n) is 8.13. The molecular formula is C18H20FN4O2S+. The Morgan fingerprint density at radius 3 is 2.88 bits per heavy atom. The van der Waals surface area contributed by atoms with Crippen molar-refractivity contribution in [2.24, 2.45) is 0 Å². The van der Waals surface area contributed by atoms with E-state index in [0.29, 0.717) is 34.1 Å². The van der Waals surface area contributed by atoms with E-state index in [1.54, 1.807) is 37.4 Å². The maximum absolute atomic E-state index is 13.7. The van der Waals surface area contributed by atoms with Crippen LogP contribution in [0, 0.1) is 12.7 Å². The van der Waals surface area contributed by atoms with Crippen LogP contribution in [-0.2, 0) is 6.61 Å². The topological polar surface area (TPSA) is 106 Å². The second-order valence-electron chi connectivity index (χ2n) is 5.89. The predicted octanol–water partition coefficient (Wildman–Crippen LogP) is 1.79. The fourth-order valence-electron chi connectivity index (χ4n) is 2.51. The van der Waals surface area contributed by atoms with Crippen molar-refractivity contribution in [1.29, 1.82) is 0 Å². The highest BCUT2D eigenvalue weighted by atomic mass is 32.1. The molecule has 0 bridgehead atoms. The zero-order chi connectivity index (χ0) is 18.7. The molecule has 1 unspecified atom stereocenters. The SMILES string of the molecule is Cc1ccc(-c2ccc(C(=O)NC(C[NH3+])c3ncc(CO)s3)[nH]2)cc1F. The van der Waals surface area contributed by atoms with E-state index in [1.165, 1.54) is 17.4 Å². The minimum absolute atomic E-state index is 0.0808. The van der Waals surface area contributed by atoms with Gasteiger partial charge in [-0.15, -0.1) is 11.3 Å². The van der Waals surface area contributed by atoms with Crippen molar-refractivity contribution >= 4 is 17.2 Å². The van der Waals surface area contributed by atoms with Gasteiger partial charge < -0.3 is 21.1 Å². The van der Waals surface area contributed by atoms with Gasteiger partial charge in [0.1, 0.15) is 29.1 Å². The van der Waals surface area contributed by atoms with E-state index >= 15 is 0 Å². The average Bonchev–Trinajstić information content (AvgIpc) is 3.31. The summed E-state index contributed by atoms with van der Waals surface area (Å²) in [5.74, 6) is -0.582. The number of aryl methyl sites for hydroxylation is 1. The smallest absolute Gasteiger partial charge is 0.268 e. The average molecular weight is 375 g/mol. The highest BCUT2D eigenvalue weighted by Gasteiger charge is 2.20. The zero-order valence-corrected chi connectivity index (χ0v) is 15.1. The van der Waals surface area contributed by atoms with Crippen molar-refractivity contribution in [1.82, 2.24) is 15.3 Å². The minimum Gasteiger partial charge on any atom is -0.391 e. The first-order chi connectivity index (χ1) is 12.5. The van der Waals surface area contributed by atoms with Crippen molar-refractivity contribution in [3.05, 3.63) is 63.5 Å². The number of rotatable bonds is 6. The molecule has 2 heterocycles. The van der Waals surface area contributed by atoms with Crippen LogP contribution in [0.3, 0.4) is 0 Å². The van der Waals surface area contributed by atoms with Gasteiger partial charge in [0.2, 0.25) is 0 Å². The Kier molecular flexibility index (Phi) is 5.46. The molecule has 0 saturated carbocycles. The lowest BCUT2D eigenvalue weighted by atomic mass is 10.1. The summed E-state index contributed by atoms with van der Waals surface area (Å²) in [6, 6.07) is 8.00. The van der Waals surface area contributed by atoms with E-state index in [4.69, 9.17) is 5.11 Å². The van der Waals surface area contributed by atoms with E-state index in [1.807, 2.05) is 0 Å². The number of hydrogen-bond acceptors (Lipinski definition) is 4. The van der Waals surface area contributed by atoms with E-state index < -0.39 is 0 Å². The first-order valence-corrected chi connectivity index (χ1v) is 8.94. The minimum atomic E-state index is -0.337. The van der Waals surface area contributed by atoms with Crippen molar-refractivity contribution in [3.8, 4) is 11.3 Å². The number of aromatic amines is 1. The van der Waals surface area contributed by atoms with Crippen molar-refractivity contribution in [2.45, 2.75) is 19.6 Å². The number of nitrogens with one attached hydrogen (secondary N) is 2. The van der Waals surface area contributed by atoms with Gasteiger partial charge in [-0.3, -0.25) is 4.79 Å². The summed E-state index contributed by atoms with van der Waals surface area (Å²) in [6.07, 6.45) is 1.59. The normalized spacial score (nSPS) is 12.2. The van der Waals surface area contributed by atoms with Crippen LogP contribution in [0.5, 0.6) is 0 Å². The molecule has 2 aromatic heterocycles. The van der Waals surface area contributed by atoms with Crippen LogP contribution < -0.4 is 11.1 Å². The Bertz CT molecular complexity index is 922. The molecule has 1 amide bonds. The molecule has 6 nitrogen and oxygen atoms in total. The van der Waals surface area contributed by atoms with Gasteiger partial charge in [0.05, 0.1) is 11.5 Å². The zero-order valence-electron chi connectivity index (χ0n) is 14.3. The molecule has 26 heavy (non-hydrogen) atoms. The third-order valence-corrected chi connectivity index (χ3v) is 5.13. The Morgan fingerprint density at radius 1 is 1.42 bits per heavy atom. The molecule has 0 aliphatic carbocycles. The summed E-state index contributed by atoms with van der Waals surface area (Å²) in [5, 5.41) is 12.7. The van der Waals surface area contributed by atoms with E-state index in [0.717, 1.165) is 4.88 Å². The highest BCUT2D eigenvalue weighted by Crippen LogP contribution is 2.22. The van der Waals surface area contributed by atoms with Crippen LogP contribution in [0.1, 0.15) is 32.0 Å². The fraction of sp³-hybridized carbons (Fsp3) is 0.222. The molecule has 0 fully saturated rings. The van der Waals surface area contributed by atoms with Gasteiger partial charge in [0.25, 0.3) is 5.91 Å². The third-order valence-electron chi connectivity index (χ3n) is 4.03. The molecule has 6 N–H and O–H groups in total. The molecular weight excluding hydrogens is 355 g/mol. The van der Waals surface area contributed by atoms with E-state index in [2.05, 4.69) is 21.0 Å². The molecule has 0 radical (unpaired) electrons. The molecule has 0 aliphatic heterocycles. The van der Waals surface area contributed by atoms with E-state index in [-0.39, 0.29) is 24.4 Å². The third kappa shape index (κ3) is 3.82. The number of benzene rings is 1. The van der Waals surface area contributed by atoms with Gasteiger partial charge >= 0.3 is 0 Å². The number of quaternary nitrogens is 1. The lowest BCUT2D eigenvalue weighted by molar-refractivity contribution is -0.373. The van der Waals surface area contributed by atoms with Crippen LogP contribution >= 0.6 is 11.3 Å². The number of hydrogen-bond donors (Lipinski definition) is 4. The van der Waals surface area contributed by atoms with Crippen molar-refractivity contribution in [2.75, 3.05) is 6.54 Å². The maximum Gasteiger partial charge on any atom is 0.268 e. The molecule has 3 rings (SSSR count). The number of carbonyl (C=O) groups is 1. The Morgan fingerprint density at radius 2 is 2.23 bits per heavy atom. The number of H-pyrrole nitrogens is 1. The van der Waals surface area contributed by atoms with Gasteiger partial charge in [0, 0.05) is 17.5 Å². The molecule has 1 aromatic carbocycles. The molecule has 1 atom stereocenters. The van der Waals surface area contributed by atoms with Crippen LogP contribution in [0.4, 0.5) is 4.39 Å².